The Bertz CT molecular complexity index is 551. The van der Waals surface area contributed by atoms with E-state index in [2.05, 4.69) is 0 Å². The van der Waals surface area contributed by atoms with E-state index in [4.69, 9.17) is 14.9 Å². The lowest BCUT2D eigenvalue weighted by molar-refractivity contribution is 0.383. The molecule has 4 heteroatoms. The van der Waals surface area contributed by atoms with Gasteiger partial charge in [0.25, 0.3) is 0 Å². The summed E-state index contributed by atoms with van der Waals surface area (Å²) in [6.45, 7) is 2.00. The number of ether oxygens (including phenoxy) is 1. The number of hydrogen-bond donors (Lipinski definition) is 1. The summed E-state index contributed by atoms with van der Waals surface area (Å²) in [4.78, 5) is 0. The van der Waals surface area contributed by atoms with Crippen molar-refractivity contribution in [1.82, 2.24) is 0 Å². The van der Waals surface area contributed by atoms with E-state index in [1.165, 1.54) is 7.11 Å². The molecule has 1 atom stereocenters. The minimum atomic E-state index is -0.345. The molecule has 1 heterocycles. The van der Waals surface area contributed by atoms with Gasteiger partial charge >= 0.3 is 0 Å². The lowest BCUT2D eigenvalue weighted by Crippen LogP contribution is -2.15. The van der Waals surface area contributed by atoms with E-state index >= 15 is 0 Å². The third kappa shape index (κ3) is 2.79. The van der Waals surface area contributed by atoms with Crippen LogP contribution in [0.15, 0.2) is 34.9 Å². The van der Waals surface area contributed by atoms with Crippen molar-refractivity contribution in [3.8, 4) is 5.75 Å². The fourth-order valence-electron chi connectivity index (χ4n) is 2.19. The maximum Gasteiger partial charge on any atom is 0.168 e. The van der Waals surface area contributed by atoms with Gasteiger partial charge in [-0.3, -0.25) is 0 Å². The Morgan fingerprint density at radius 2 is 2.16 bits per heavy atom. The molecule has 19 heavy (non-hydrogen) atoms. The number of nitrogens with two attached hydrogens (primary N) is 1. The molecule has 1 aromatic carbocycles. The average molecular weight is 263 g/mol. The smallest absolute Gasteiger partial charge is 0.168 e. The van der Waals surface area contributed by atoms with E-state index in [9.17, 15) is 4.39 Å². The maximum atomic E-state index is 14.1. The van der Waals surface area contributed by atoms with E-state index < -0.39 is 0 Å². The van der Waals surface area contributed by atoms with Crippen LogP contribution in [0.3, 0.4) is 0 Å². The molecule has 0 bridgehead atoms. The summed E-state index contributed by atoms with van der Waals surface area (Å²) < 4.78 is 24.4. The molecule has 0 aliphatic heterocycles. The zero-order valence-corrected chi connectivity index (χ0v) is 11.2. The fourth-order valence-corrected chi connectivity index (χ4v) is 2.19. The second-order valence-corrected chi connectivity index (χ2v) is 4.40. The van der Waals surface area contributed by atoms with Gasteiger partial charge in [0.2, 0.25) is 0 Å². The number of rotatable bonds is 5. The van der Waals surface area contributed by atoms with Gasteiger partial charge in [-0.2, -0.15) is 0 Å². The van der Waals surface area contributed by atoms with Crippen LogP contribution in [0.25, 0.3) is 0 Å². The second-order valence-electron chi connectivity index (χ2n) is 4.40. The van der Waals surface area contributed by atoms with Gasteiger partial charge in [0.05, 0.1) is 13.4 Å². The average Bonchev–Trinajstić information content (AvgIpc) is 2.89. The Hall–Kier alpha value is -1.81. The summed E-state index contributed by atoms with van der Waals surface area (Å²) in [5.41, 5.74) is 7.63. The number of benzene rings is 1. The molecule has 0 fully saturated rings. The topological polar surface area (TPSA) is 48.4 Å². The molecule has 0 saturated carbocycles. The second kappa shape index (κ2) is 5.89. The lowest BCUT2D eigenvalue weighted by atomic mass is 9.99. The Morgan fingerprint density at radius 1 is 1.37 bits per heavy atom. The summed E-state index contributed by atoms with van der Waals surface area (Å²) in [5.74, 6) is 0.755. The van der Waals surface area contributed by atoms with Gasteiger partial charge in [-0.1, -0.05) is 19.1 Å². The van der Waals surface area contributed by atoms with E-state index in [0.29, 0.717) is 12.0 Å². The molecule has 0 spiro atoms. The molecule has 0 aliphatic rings. The van der Waals surface area contributed by atoms with Crippen molar-refractivity contribution in [2.24, 2.45) is 5.73 Å². The predicted molar refractivity (Wildman–Crippen MR) is 71.7 cm³/mol. The first-order chi connectivity index (χ1) is 9.17. The molecule has 102 valence electrons. The zero-order chi connectivity index (χ0) is 13.8. The molecule has 0 radical (unpaired) electrons. The van der Waals surface area contributed by atoms with Crippen molar-refractivity contribution < 1.29 is 13.5 Å². The van der Waals surface area contributed by atoms with E-state index in [-0.39, 0.29) is 17.6 Å². The molecule has 0 aliphatic carbocycles. The Labute approximate surface area is 112 Å². The van der Waals surface area contributed by atoms with Crippen LogP contribution in [0.4, 0.5) is 4.39 Å². The summed E-state index contributed by atoms with van der Waals surface area (Å²) >= 11 is 0. The third-order valence-electron chi connectivity index (χ3n) is 3.20. The molecular formula is C15H18FNO2. The van der Waals surface area contributed by atoms with E-state index in [1.807, 2.05) is 13.0 Å². The van der Waals surface area contributed by atoms with Crippen LogP contribution in [0.2, 0.25) is 0 Å². The van der Waals surface area contributed by atoms with Gasteiger partial charge in [0.1, 0.15) is 5.76 Å². The van der Waals surface area contributed by atoms with Gasteiger partial charge in [-0.25, -0.2) is 4.39 Å². The Balaban J connectivity index is 2.22. The molecule has 0 saturated heterocycles. The van der Waals surface area contributed by atoms with Crippen LogP contribution < -0.4 is 10.5 Å². The van der Waals surface area contributed by atoms with Crippen LogP contribution in [0.5, 0.6) is 5.75 Å². The largest absolute Gasteiger partial charge is 0.494 e. The highest BCUT2D eigenvalue weighted by molar-refractivity contribution is 5.33. The van der Waals surface area contributed by atoms with Crippen LogP contribution in [-0.4, -0.2) is 7.11 Å². The molecular weight excluding hydrogens is 245 g/mol. The molecule has 2 rings (SSSR count). The van der Waals surface area contributed by atoms with Crippen LogP contribution in [-0.2, 0) is 12.8 Å². The van der Waals surface area contributed by atoms with Crippen molar-refractivity contribution in [2.75, 3.05) is 7.11 Å². The monoisotopic (exact) mass is 263 g/mol. The Kier molecular flexibility index (Phi) is 4.22. The highest BCUT2D eigenvalue weighted by Gasteiger charge is 2.17. The van der Waals surface area contributed by atoms with Gasteiger partial charge < -0.3 is 14.9 Å². The predicted octanol–water partition coefficient (Wildman–Crippen LogP) is 3.23. The number of hydrogen-bond acceptors (Lipinski definition) is 3. The quantitative estimate of drug-likeness (QED) is 0.901. The molecule has 1 aromatic heterocycles. The summed E-state index contributed by atoms with van der Waals surface area (Å²) in [7, 11) is 1.45. The van der Waals surface area contributed by atoms with Crippen LogP contribution in [0, 0.1) is 5.82 Å². The molecule has 3 nitrogen and oxygen atoms in total. The Morgan fingerprint density at radius 3 is 2.84 bits per heavy atom. The first-order valence-electron chi connectivity index (χ1n) is 6.30. The van der Waals surface area contributed by atoms with Gasteiger partial charge in [0, 0.05) is 18.0 Å². The van der Waals surface area contributed by atoms with Crippen LogP contribution in [0.1, 0.15) is 29.9 Å². The fraction of sp³-hybridized carbons (Fsp3) is 0.333. The van der Waals surface area contributed by atoms with E-state index in [1.54, 1.807) is 24.5 Å². The van der Waals surface area contributed by atoms with Crippen molar-refractivity contribution in [3.63, 3.8) is 0 Å². The van der Waals surface area contributed by atoms with Gasteiger partial charge in [-0.15, -0.1) is 0 Å². The molecule has 2 aromatic rings. The first-order valence-corrected chi connectivity index (χ1v) is 6.30. The highest BCUT2D eigenvalue weighted by Crippen LogP contribution is 2.26. The van der Waals surface area contributed by atoms with Crippen molar-refractivity contribution in [2.45, 2.75) is 25.8 Å². The number of methoxy groups -OCH3 is 1. The van der Waals surface area contributed by atoms with Crippen molar-refractivity contribution in [1.29, 1.82) is 0 Å². The lowest BCUT2D eigenvalue weighted by Gasteiger charge is -2.13. The minimum absolute atomic E-state index is 0.243. The normalized spacial score (nSPS) is 12.4. The number of furan rings is 1. The standard InChI is InChI=1S/C15H18FNO2/c1-3-13-11(7-8-19-13)12(17)9-10-5-4-6-14(18-2)15(10)16/h4-8,12H,3,9,17H2,1-2H3. The SMILES string of the molecule is CCc1occc1C(N)Cc1cccc(OC)c1F. The number of aryl methyl sites for hydroxylation is 1. The minimum Gasteiger partial charge on any atom is -0.494 e. The first kappa shape index (κ1) is 13.6. The summed E-state index contributed by atoms with van der Waals surface area (Å²) in [6, 6.07) is 6.65. The molecule has 2 N–H and O–H groups in total. The number of halogens is 1. The van der Waals surface area contributed by atoms with Gasteiger partial charge in [-0.05, 0) is 24.1 Å². The summed E-state index contributed by atoms with van der Waals surface area (Å²) in [5, 5.41) is 0. The van der Waals surface area contributed by atoms with Crippen LogP contribution >= 0.6 is 0 Å². The highest BCUT2D eigenvalue weighted by atomic mass is 19.1. The molecule has 0 amide bonds. The van der Waals surface area contributed by atoms with E-state index in [0.717, 1.165) is 17.7 Å². The van der Waals surface area contributed by atoms with Gasteiger partial charge in [0.15, 0.2) is 11.6 Å². The van der Waals surface area contributed by atoms with Crippen molar-refractivity contribution in [3.05, 3.63) is 53.2 Å². The summed E-state index contributed by atoms with van der Waals surface area (Å²) in [6.07, 6.45) is 2.81. The molecule has 1 unspecified atom stereocenters. The van der Waals surface area contributed by atoms with Crippen molar-refractivity contribution >= 4 is 0 Å². The third-order valence-corrected chi connectivity index (χ3v) is 3.20. The maximum absolute atomic E-state index is 14.1. The zero-order valence-electron chi connectivity index (χ0n) is 11.2.